The minimum absolute atomic E-state index is 0.0874. The first-order chi connectivity index (χ1) is 10.6. The van der Waals surface area contributed by atoms with Crippen LogP contribution in [-0.2, 0) is 0 Å². The normalized spacial score (nSPS) is 10.7. The van der Waals surface area contributed by atoms with E-state index in [0.717, 1.165) is 6.42 Å². The second-order valence-electron chi connectivity index (χ2n) is 4.86. The fourth-order valence-electron chi connectivity index (χ4n) is 2.18. The van der Waals surface area contributed by atoms with Crippen molar-refractivity contribution in [2.24, 2.45) is 0 Å². The monoisotopic (exact) mass is 322 g/mol. The molecular weight excluding hydrogens is 304 g/mol. The molecule has 0 aliphatic rings. The van der Waals surface area contributed by atoms with Gasteiger partial charge in [0.2, 0.25) is 5.82 Å². The van der Waals surface area contributed by atoms with Crippen molar-refractivity contribution >= 4 is 17.5 Å². The first-order valence-corrected chi connectivity index (χ1v) is 7.55. The Kier molecular flexibility index (Phi) is 5.51. The van der Waals surface area contributed by atoms with E-state index in [-0.39, 0.29) is 24.9 Å². The third-order valence-corrected chi connectivity index (χ3v) is 3.51. The van der Waals surface area contributed by atoms with Gasteiger partial charge < -0.3 is 10.0 Å². The molecule has 0 atom stereocenters. The highest BCUT2D eigenvalue weighted by Crippen LogP contribution is 2.20. The number of hydrogen-bond acceptors (Lipinski definition) is 4. The zero-order valence-electron chi connectivity index (χ0n) is 12.7. The molecule has 6 nitrogen and oxygen atoms in total. The highest BCUT2D eigenvalue weighted by molar-refractivity contribution is 6.32. The number of para-hydroxylation sites is 1. The van der Waals surface area contributed by atoms with Gasteiger partial charge in [-0.2, -0.15) is 0 Å². The number of aliphatic hydroxyl groups excluding tert-OH is 1. The van der Waals surface area contributed by atoms with Crippen LogP contribution in [0.1, 0.15) is 29.8 Å². The first kappa shape index (κ1) is 16.5. The zero-order chi connectivity index (χ0) is 16.1. The number of carbonyl (C=O) groups excluding carboxylic acids is 1. The van der Waals surface area contributed by atoms with Gasteiger partial charge in [-0.3, -0.25) is 4.79 Å². The van der Waals surface area contributed by atoms with E-state index in [1.54, 1.807) is 22.6 Å². The van der Waals surface area contributed by atoms with Crippen LogP contribution in [0.25, 0.3) is 5.69 Å². The van der Waals surface area contributed by atoms with Gasteiger partial charge in [-0.25, -0.2) is 9.67 Å². The molecule has 118 valence electrons. The predicted molar refractivity (Wildman–Crippen MR) is 84.4 cm³/mol. The molecule has 1 aromatic heterocycles. The summed E-state index contributed by atoms with van der Waals surface area (Å²) in [6.45, 7) is 4.48. The molecule has 0 saturated carbocycles. The van der Waals surface area contributed by atoms with Gasteiger partial charge in [-0.15, -0.1) is 5.10 Å². The molecule has 0 unspecified atom stereocenters. The van der Waals surface area contributed by atoms with Crippen LogP contribution in [0.3, 0.4) is 0 Å². The lowest BCUT2D eigenvalue weighted by Crippen LogP contribution is -2.35. The largest absolute Gasteiger partial charge is 0.395 e. The van der Waals surface area contributed by atoms with E-state index < -0.39 is 0 Å². The number of aromatic nitrogens is 3. The van der Waals surface area contributed by atoms with E-state index in [0.29, 0.717) is 23.1 Å². The Morgan fingerprint density at radius 3 is 2.73 bits per heavy atom. The lowest BCUT2D eigenvalue weighted by Gasteiger charge is -2.18. The number of benzene rings is 1. The van der Waals surface area contributed by atoms with Gasteiger partial charge in [0.05, 0.1) is 17.3 Å². The summed E-state index contributed by atoms with van der Waals surface area (Å²) >= 11 is 6.16. The van der Waals surface area contributed by atoms with E-state index in [1.165, 1.54) is 0 Å². The Hall–Kier alpha value is -1.92. The average Bonchev–Trinajstić information content (AvgIpc) is 2.88. The lowest BCUT2D eigenvalue weighted by molar-refractivity contribution is 0.0710. The average molecular weight is 323 g/mol. The number of carbonyl (C=O) groups is 1. The van der Waals surface area contributed by atoms with Crippen LogP contribution in [0, 0.1) is 6.92 Å². The van der Waals surface area contributed by atoms with E-state index >= 15 is 0 Å². The van der Waals surface area contributed by atoms with Crippen LogP contribution in [0.2, 0.25) is 5.02 Å². The molecule has 7 heteroatoms. The van der Waals surface area contributed by atoms with Crippen molar-refractivity contribution in [3.63, 3.8) is 0 Å². The van der Waals surface area contributed by atoms with Crippen molar-refractivity contribution in [1.82, 2.24) is 19.7 Å². The Balaban J connectivity index is 2.33. The number of rotatable bonds is 6. The SMILES string of the molecule is CCCN(CCO)C(=O)c1nc(C)n(-c2ccccc2Cl)n1. The quantitative estimate of drug-likeness (QED) is 0.883. The minimum atomic E-state index is -0.287. The summed E-state index contributed by atoms with van der Waals surface area (Å²) < 4.78 is 1.55. The van der Waals surface area contributed by atoms with Crippen LogP contribution in [0.5, 0.6) is 0 Å². The fraction of sp³-hybridized carbons (Fsp3) is 0.400. The molecule has 0 radical (unpaired) electrons. The van der Waals surface area contributed by atoms with E-state index in [9.17, 15) is 4.79 Å². The summed E-state index contributed by atoms with van der Waals surface area (Å²) in [6, 6.07) is 7.25. The van der Waals surface area contributed by atoms with E-state index in [2.05, 4.69) is 10.1 Å². The van der Waals surface area contributed by atoms with Gasteiger partial charge >= 0.3 is 0 Å². The zero-order valence-corrected chi connectivity index (χ0v) is 13.4. The summed E-state index contributed by atoms with van der Waals surface area (Å²) in [7, 11) is 0. The maximum absolute atomic E-state index is 12.5. The Bertz CT molecular complexity index is 651. The molecule has 0 fully saturated rings. The Morgan fingerprint density at radius 1 is 1.36 bits per heavy atom. The second kappa shape index (κ2) is 7.38. The molecule has 1 aromatic carbocycles. The second-order valence-corrected chi connectivity index (χ2v) is 5.27. The van der Waals surface area contributed by atoms with Crippen molar-refractivity contribution in [2.75, 3.05) is 19.7 Å². The molecule has 1 N–H and O–H groups in total. The van der Waals surface area contributed by atoms with Crippen molar-refractivity contribution < 1.29 is 9.90 Å². The molecule has 0 bridgehead atoms. The van der Waals surface area contributed by atoms with Gasteiger partial charge in [0.1, 0.15) is 5.82 Å². The summed E-state index contributed by atoms with van der Waals surface area (Å²) in [5.74, 6) is 0.404. The highest BCUT2D eigenvalue weighted by Gasteiger charge is 2.21. The molecule has 0 aliphatic carbocycles. The maximum atomic E-state index is 12.5. The first-order valence-electron chi connectivity index (χ1n) is 7.17. The highest BCUT2D eigenvalue weighted by atomic mass is 35.5. The number of aryl methyl sites for hydroxylation is 1. The van der Waals surface area contributed by atoms with Crippen LogP contribution in [0.15, 0.2) is 24.3 Å². The third-order valence-electron chi connectivity index (χ3n) is 3.19. The molecule has 1 heterocycles. The van der Waals surface area contributed by atoms with Crippen LogP contribution < -0.4 is 0 Å². The van der Waals surface area contributed by atoms with Gasteiger partial charge in [0.15, 0.2) is 0 Å². The van der Waals surface area contributed by atoms with E-state index in [1.807, 2.05) is 25.1 Å². The van der Waals surface area contributed by atoms with Crippen molar-refractivity contribution in [3.05, 3.63) is 40.9 Å². The molecule has 2 rings (SSSR count). The number of hydrogen-bond donors (Lipinski definition) is 1. The maximum Gasteiger partial charge on any atom is 0.293 e. The summed E-state index contributed by atoms with van der Waals surface area (Å²) in [5.41, 5.74) is 0.678. The van der Waals surface area contributed by atoms with E-state index in [4.69, 9.17) is 16.7 Å². The summed E-state index contributed by atoms with van der Waals surface area (Å²) in [4.78, 5) is 18.2. The molecule has 0 spiro atoms. The van der Waals surface area contributed by atoms with Gasteiger partial charge in [-0.1, -0.05) is 30.7 Å². The fourth-order valence-corrected chi connectivity index (χ4v) is 2.40. The molecule has 2 aromatic rings. The Morgan fingerprint density at radius 2 is 2.09 bits per heavy atom. The van der Waals surface area contributed by atoms with Crippen molar-refractivity contribution in [1.29, 1.82) is 0 Å². The predicted octanol–water partition coefficient (Wildman–Crippen LogP) is 2.07. The smallest absolute Gasteiger partial charge is 0.293 e. The van der Waals surface area contributed by atoms with Gasteiger partial charge in [-0.05, 0) is 25.5 Å². The van der Waals surface area contributed by atoms with Crippen molar-refractivity contribution in [3.8, 4) is 5.69 Å². The number of nitrogens with zero attached hydrogens (tertiary/aromatic N) is 4. The molecule has 0 aliphatic heterocycles. The van der Waals surface area contributed by atoms with Gasteiger partial charge in [0, 0.05) is 13.1 Å². The molecular formula is C15H19ClN4O2. The van der Waals surface area contributed by atoms with Crippen molar-refractivity contribution in [2.45, 2.75) is 20.3 Å². The lowest BCUT2D eigenvalue weighted by atomic mass is 10.3. The molecule has 0 saturated heterocycles. The minimum Gasteiger partial charge on any atom is -0.395 e. The van der Waals surface area contributed by atoms with Gasteiger partial charge in [0.25, 0.3) is 5.91 Å². The third kappa shape index (κ3) is 3.45. The van der Waals surface area contributed by atoms with Crippen LogP contribution in [0.4, 0.5) is 0 Å². The molecule has 1 amide bonds. The number of aliphatic hydroxyl groups is 1. The standard InChI is InChI=1S/C15H19ClN4O2/c1-3-8-19(9-10-21)15(22)14-17-11(2)20(18-14)13-7-5-4-6-12(13)16/h4-7,21H,3,8-10H2,1-2H3. The summed E-state index contributed by atoms with van der Waals surface area (Å²) in [6.07, 6.45) is 0.802. The molecule has 22 heavy (non-hydrogen) atoms. The summed E-state index contributed by atoms with van der Waals surface area (Å²) in [5, 5.41) is 13.9. The van der Waals surface area contributed by atoms with Crippen LogP contribution >= 0.6 is 11.6 Å². The number of halogens is 1. The Labute approximate surface area is 134 Å². The van der Waals surface area contributed by atoms with Crippen LogP contribution in [-0.4, -0.2) is 50.4 Å². The number of amides is 1. The topological polar surface area (TPSA) is 71.2 Å².